The first kappa shape index (κ1) is 15.4. The Bertz CT molecular complexity index is 818. The van der Waals surface area contributed by atoms with E-state index in [0.717, 1.165) is 0 Å². The van der Waals surface area contributed by atoms with Crippen LogP contribution in [0.4, 0.5) is 5.69 Å². The Morgan fingerprint density at radius 3 is 3.00 bits per heavy atom. The number of amides is 1. The van der Waals surface area contributed by atoms with Gasteiger partial charge in [-0.15, -0.1) is 5.10 Å². The van der Waals surface area contributed by atoms with Crippen LogP contribution in [-0.4, -0.2) is 46.6 Å². The zero-order chi connectivity index (χ0) is 16.2. The Hall–Kier alpha value is -2.46. The fraction of sp³-hybridized carbons (Fsp3) is 0.167. The minimum atomic E-state index is -0.207. The van der Waals surface area contributed by atoms with Gasteiger partial charge in [-0.1, -0.05) is 23.4 Å². The van der Waals surface area contributed by atoms with Crippen LogP contribution in [0.5, 0.6) is 0 Å². The van der Waals surface area contributed by atoms with E-state index in [1.807, 2.05) is 0 Å². The molecule has 0 bridgehead atoms. The summed E-state index contributed by atoms with van der Waals surface area (Å²) in [5.74, 6) is -0.0426. The third-order valence-corrected chi connectivity index (χ3v) is 4.06. The van der Waals surface area contributed by atoms with Gasteiger partial charge < -0.3 is 5.32 Å². The van der Waals surface area contributed by atoms with Crippen molar-refractivity contribution in [1.82, 2.24) is 35.0 Å². The normalized spacial score (nSPS) is 10.7. The van der Waals surface area contributed by atoms with E-state index in [4.69, 9.17) is 11.6 Å². The smallest absolute Gasteiger partial charge is 0.234 e. The molecule has 9 nitrogen and oxygen atoms in total. The number of hydrogen-bond acceptors (Lipinski definition) is 7. The lowest BCUT2D eigenvalue weighted by atomic mass is 10.2. The van der Waals surface area contributed by atoms with Crippen LogP contribution < -0.4 is 5.32 Å². The molecule has 2 heterocycles. The summed E-state index contributed by atoms with van der Waals surface area (Å²) in [6.07, 6.45) is 2.95. The molecule has 118 valence electrons. The molecule has 3 aromatic rings. The highest BCUT2D eigenvalue weighted by atomic mass is 35.5. The fourth-order valence-corrected chi connectivity index (χ4v) is 2.62. The third kappa shape index (κ3) is 3.66. The van der Waals surface area contributed by atoms with E-state index in [0.29, 0.717) is 21.6 Å². The van der Waals surface area contributed by atoms with Gasteiger partial charge in [-0.05, 0) is 28.6 Å². The van der Waals surface area contributed by atoms with Crippen molar-refractivity contribution in [2.75, 3.05) is 11.1 Å². The van der Waals surface area contributed by atoms with Gasteiger partial charge in [0.05, 0.1) is 17.1 Å². The standard InChI is InChI=1S/C12H11ClN8OS/c1-20-12(17-18-19-20)23-5-11(22)16-9-4-8(13)2-3-10(9)21-7-14-6-15-21/h2-4,6-7H,5H2,1H3,(H,16,22). The number of anilines is 1. The number of carbonyl (C=O) groups excluding carboxylic acids is 1. The van der Waals surface area contributed by atoms with Crippen molar-refractivity contribution in [3.05, 3.63) is 35.9 Å². The Kier molecular flexibility index (Phi) is 4.53. The average Bonchev–Trinajstić information content (AvgIpc) is 3.17. The summed E-state index contributed by atoms with van der Waals surface area (Å²) in [4.78, 5) is 16.1. The van der Waals surface area contributed by atoms with Gasteiger partial charge in [0.15, 0.2) is 0 Å². The molecule has 3 rings (SSSR count). The molecule has 0 radical (unpaired) electrons. The van der Waals surface area contributed by atoms with Crippen LogP contribution in [0.2, 0.25) is 5.02 Å². The van der Waals surface area contributed by atoms with Gasteiger partial charge in [0.1, 0.15) is 12.7 Å². The quantitative estimate of drug-likeness (QED) is 0.689. The largest absolute Gasteiger partial charge is 0.323 e. The highest BCUT2D eigenvalue weighted by molar-refractivity contribution is 7.99. The fourth-order valence-electron chi connectivity index (χ4n) is 1.80. The number of nitrogens with zero attached hydrogens (tertiary/aromatic N) is 7. The van der Waals surface area contributed by atoms with Crippen LogP contribution in [0.3, 0.4) is 0 Å². The summed E-state index contributed by atoms with van der Waals surface area (Å²) < 4.78 is 3.05. The minimum Gasteiger partial charge on any atom is -0.323 e. The second kappa shape index (κ2) is 6.75. The molecular weight excluding hydrogens is 340 g/mol. The van der Waals surface area contributed by atoms with Crippen molar-refractivity contribution in [2.45, 2.75) is 5.16 Å². The predicted octanol–water partition coefficient (Wildman–Crippen LogP) is 1.17. The highest BCUT2D eigenvalue weighted by Gasteiger charge is 2.12. The van der Waals surface area contributed by atoms with Crippen LogP contribution in [0, 0.1) is 0 Å². The molecule has 0 aliphatic heterocycles. The summed E-state index contributed by atoms with van der Waals surface area (Å²) in [5, 5.41) is 19.0. The van der Waals surface area contributed by atoms with Crippen molar-refractivity contribution < 1.29 is 4.79 Å². The van der Waals surface area contributed by atoms with Crippen LogP contribution >= 0.6 is 23.4 Å². The Labute approximate surface area is 140 Å². The number of carbonyl (C=O) groups is 1. The maximum Gasteiger partial charge on any atom is 0.234 e. The lowest BCUT2D eigenvalue weighted by Crippen LogP contribution is -2.16. The highest BCUT2D eigenvalue weighted by Crippen LogP contribution is 2.24. The molecule has 1 N–H and O–H groups in total. The molecule has 0 fully saturated rings. The molecule has 0 atom stereocenters. The first-order valence-electron chi connectivity index (χ1n) is 6.43. The lowest BCUT2D eigenvalue weighted by molar-refractivity contribution is -0.113. The number of halogens is 1. The van der Waals surface area contributed by atoms with Crippen LogP contribution in [0.1, 0.15) is 0 Å². The van der Waals surface area contributed by atoms with Crippen molar-refractivity contribution in [3.8, 4) is 5.69 Å². The molecule has 0 aliphatic carbocycles. The second-order valence-electron chi connectivity index (χ2n) is 4.42. The molecular formula is C12H11ClN8OS. The molecule has 0 unspecified atom stereocenters. The monoisotopic (exact) mass is 350 g/mol. The third-order valence-electron chi connectivity index (χ3n) is 2.81. The second-order valence-corrected chi connectivity index (χ2v) is 5.80. The lowest BCUT2D eigenvalue weighted by Gasteiger charge is -2.11. The van der Waals surface area contributed by atoms with Crippen molar-refractivity contribution in [2.24, 2.45) is 7.05 Å². The van der Waals surface area contributed by atoms with Crippen LogP contribution in [0.15, 0.2) is 36.0 Å². The molecule has 0 spiro atoms. The maximum atomic E-state index is 12.2. The van der Waals surface area contributed by atoms with Gasteiger partial charge in [-0.3, -0.25) is 4.79 Å². The molecule has 23 heavy (non-hydrogen) atoms. The molecule has 0 saturated carbocycles. The number of thioether (sulfide) groups is 1. The molecule has 11 heteroatoms. The van der Waals surface area contributed by atoms with Crippen molar-refractivity contribution in [1.29, 1.82) is 0 Å². The first-order valence-corrected chi connectivity index (χ1v) is 7.79. The van der Waals surface area contributed by atoms with Crippen molar-refractivity contribution in [3.63, 3.8) is 0 Å². The van der Waals surface area contributed by atoms with E-state index < -0.39 is 0 Å². The number of tetrazole rings is 1. The number of aryl methyl sites for hydroxylation is 1. The van der Waals surface area contributed by atoms with Gasteiger partial charge in [0.25, 0.3) is 0 Å². The maximum absolute atomic E-state index is 12.2. The Morgan fingerprint density at radius 2 is 2.30 bits per heavy atom. The summed E-state index contributed by atoms with van der Waals surface area (Å²) in [5.41, 5.74) is 1.22. The van der Waals surface area contributed by atoms with Crippen LogP contribution in [0.25, 0.3) is 5.69 Å². The minimum absolute atomic E-state index is 0.164. The van der Waals surface area contributed by atoms with E-state index in [9.17, 15) is 4.79 Å². The topological polar surface area (TPSA) is 103 Å². The first-order chi connectivity index (χ1) is 11.1. The number of aromatic nitrogens is 7. The average molecular weight is 351 g/mol. The van der Waals surface area contributed by atoms with E-state index >= 15 is 0 Å². The predicted molar refractivity (Wildman–Crippen MR) is 84.5 cm³/mol. The molecule has 2 aromatic heterocycles. The van der Waals surface area contributed by atoms with Gasteiger partial charge in [-0.2, -0.15) is 5.10 Å². The number of hydrogen-bond donors (Lipinski definition) is 1. The zero-order valence-electron chi connectivity index (χ0n) is 11.9. The summed E-state index contributed by atoms with van der Waals surface area (Å²) in [7, 11) is 1.71. The van der Waals surface area contributed by atoms with Gasteiger partial charge >= 0.3 is 0 Å². The molecule has 0 saturated heterocycles. The summed E-state index contributed by atoms with van der Waals surface area (Å²) >= 11 is 7.24. The van der Waals surface area contributed by atoms with Crippen LogP contribution in [-0.2, 0) is 11.8 Å². The summed E-state index contributed by atoms with van der Waals surface area (Å²) in [6, 6.07) is 5.13. The molecule has 0 aliphatic rings. The van der Waals surface area contributed by atoms with Gasteiger partial charge in [0, 0.05) is 12.1 Å². The number of benzene rings is 1. The van der Waals surface area contributed by atoms with E-state index in [1.54, 1.807) is 36.3 Å². The number of rotatable bonds is 5. The van der Waals surface area contributed by atoms with Gasteiger partial charge in [-0.25, -0.2) is 14.3 Å². The summed E-state index contributed by atoms with van der Waals surface area (Å²) in [6.45, 7) is 0. The SMILES string of the molecule is Cn1nnnc1SCC(=O)Nc1cc(Cl)ccc1-n1cncn1. The Morgan fingerprint density at radius 1 is 1.43 bits per heavy atom. The van der Waals surface area contributed by atoms with E-state index in [-0.39, 0.29) is 11.7 Å². The molecule has 1 amide bonds. The van der Waals surface area contributed by atoms with E-state index in [1.165, 1.54) is 22.8 Å². The molecule has 1 aromatic carbocycles. The zero-order valence-corrected chi connectivity index (χ0v) is 13.5. The van der Waals surface area contributed by atoms with Gasteiger partial charge in [0.2, 0.25) is 11.1 Å². The Balaban J connectivity index is 1.73. The van der Waals surface area contributed by atoms with E-state index in [2.05, 4.69) is 30.9 Å². The van der Waals surface area contributed by atoms with Crippen molar-refractivity contribution >= 4 is 35.0 Å². The number of nitrogens with one attached hydrogen (secondary N) is 1.